The van der Waals surface area contributed by atoms with Gasteiger partial charge in [-0.2, -0.15) is 17.4 Å². The Bertz CT molecular complexity index is 790. The van der Waals surface area contributed by atoms with Crippen LogP contribution in [0.25, 0.3) is 0 Å². The van der Waals surface area contributed by atoms with Gasteiger partial charge in [0.15, 0.2) is 0 Å². The molecule has 1 aromatic heterocycles. The molecule has 2 N–H and O–H groups in total. The molecule has 1 saturated heterocycles. The highest BCUT2D eigenvalue weighted by molar-refractivity contribution is 7.87. The number of nitrogens with one attached hydrogen (secondary N) is 2. The molecule has 0 unspecified atom stereocenters. The predicted molar refractivity (Wildman–Crippen MR) is 88.0 cm³/mol. The molecule has 0 aliphatic carbocycles. The molecule has 0 radical (unpaired) electrons. The summed E-state index contributed by atoms with van der Waals surface area (Å²) in [6.07, 6.45) is 1.77. The lowest BCUT2D eigenvalue weighted by molar-refractivity contribution is -0.125. The zero-order chi connectivity index (χ0) is 17.2. The van der Waals surface area contributed by atoms with Crippen LogP contribution in [0.3, 0.4) is 0 Å². The van der Waals surface area contributed by atoms with Gasteiger partial charge in [-0.15, -0.1) is 0 Å². The quantitative estimate of drug-likeness (QED) is 0.867. The molecule has 7 nitrogen and oxygen atoms in total. The highest BCUT2D eigenvalue weighted by atomic mass is 32.2. The Morgan fingerprint density at radius 1 is 1.29 bits per heavy atom. The largest absolute Gasteiger partial charge is 0.468 e. The van der Waals surface area contributed by atoms with Crippen LogP contribution in [0.4, 0.5) is 0 Å². The first kappa shape index (κ1) is 16.7. The number of nitrogens with zero attached hydrogens (tertiary/aromatic N) is 1. The number of benzene rings is 1. The Hall–Kier alpha value is -2.16. The maximum atomic E-state index is 12.5. The average Bonchev–Trinajstić information content (AvgIpc) is 3.10. The molecule has 1 aliphatic heterocycles. The minimum atomic E-state index is -3.75. The van der Waals surface area contributed by atoms with E-state index in [0.29, 0.717) is 18.7 Å². The van der Waals surface area contributed by atoms with Crippen molar-refractivity contribution >= 4 is 16.1 Å². The Morgan fingerprint density at radius 2 is 2.04 bits per heavy atom. The lowest BCUT2D eigenvalue weighted by Crippen LogP contribution is -2.57. The molecule has 2 aromatic rings. The topological polar surface area (TPSA) is 91.7 Å². The molecule has 1 amide bonds. The molecular formula is C16H19N3O4S. The van der Waals surface area contributed by atoms with Crippen molar-refractivity contribution in [2.45, 2.75) is 25.0 Å². The Kier molecular flexibility index (Phi) is 4.70. The first-order chi connectivity index (χ1) is 11.5. The fourth-order valence-corrected chi connectivity index (χ4v) is 3.94. The van der Waals surface area contributed by atoms with Crippen molar-refractivity contribution in [2.75, 3.05) is 7.05 Å². The smallest absolute Gasteiger partial charge is 0.280 e. The fourth-order valence-electron chi connectivity index (χ4n) is 2.69. The second kappa shape index (κ2) is 6.76. The van der Waals surface area contributed by atoms with E-state index in [9.17, 15) is 13.2 Å². The lowest BCUT2D eigenvalue weighted by atomic mass is 10.0. The zero-order valence-corrected chi connectivity index (χ0v) is 14.0. The molecular weight excluding hydrogens is 330 g/mol. The number of rotatable bonds is 4. The van der Waals surface area contributed by atoms with Crippen LogP contribution in [0.2, 0.25) is 0 Å². The molecule has 128 valence electrons. The number of carbonyl (C=O) groups is 1. The summed E-state index contributed by atoms with van der Waals surface area (Å²) in [5.74, 6) is 0.163. The van der Waals surface area contributed by atoms with E-state index < -0.39 is 22.3 Å². The summed E-state index contributed by atoms with van der Waals surface area (Å²) in [4.78, 5) is 12.5. The summed E-state index contributed by atoms with van der Waals surface area (Å²) in [5, 5.41) is 2.80. The van der Waals surface area contributed by atoms with Gasteiger partial charge in [-0.25, -0.2) is 0 Å². The van der Waals surface area contributed by atoms with Crippen LogP contribution in [-0.4, -0.2) is 31.7 Å². The second-order valence-corrected chi connectivity index (χ2v) is 7.42. The van der Waals surface area contributed by atoms with Crippen LogP contribution >= 0.6 is 0 Å². The Morgan fingerprint density at radius 3 is 2.71 bits per heavy atom. The van der Waals surface area contributed by atoms with Gasteiger partial charge in [-0.05, 0) is 24.1 Å². The van der Waals surface area contributed by atoms with Crippen molar-refractivity contribution < 1.29 is 17.6 Å². The van der Waals surface area contributed by atoms with Gasteiger partial charge >= 0.3 is 0 Å². The van der Waals surface area contributed by atoms with Gasteiger partial charge in [0.1, 0.15) is 11.8 Å². The second-order valence-electron chi connectivity index (χ2n) is 5.66. The molecule has 8 heteroatoms. The summed E-state index contributed by atoms with van der Waals surface area (Å²) in [6.45, 7) is 0.350. The van der Waals surface area contributed by atoms with E-state index >= 15 is 0 Å². The van der Waals surface area contributed by atoms with Gasteiger partial charge < -0.3 is 9.73 Å². The van der Waals surface area contributed by atoms with Crippen LogP contribution in [0.15, 0.2) is 53.1 Å². The zero-order valence-electron chi connectivity index (χ0n) is 13.2. The van der Waals surface area contributed by atoms with Crippen molar-refractivity contribution in [3.05, 3.63) is 60.1 Å². The van der Waals surface area contributed by atoms with Crippen molar-refractivity contribution in [3.63, 3.8) is 0 Å². The molecule has 1 aromatic carbocycles. The first-order valence-electron chi connectivity index (χ1n) is 7.58. The number of carbonyl (C=O) groups excluding carboxylic acids is 1. The van der Waals surface area contributed by atoms with E-state index in [1.165, 1.54) is 13.3 Å². The number of furan rings is 1. The van der Waals surface area contributed by atoms with Gasteiger partial charge in [-0.1, -0.05) is 30.3 Å². The van der Waals surface area contributed by atoms with E-state index in [4.69, 9.17) is 4.42 Å². The minimum Gasteiger partial charge on any atom is -0.468 e. The van der Waals surface area contributed by atoms with Gasteiger partial charge in [-0.3, -0.25) is 4.79 Å². The van der Waals surface area contributed by atoms with Crippen LogP contribution < -0.4 is 10.0 Å². The summed E-state index contributed by atoms with van der Waals surface area (Å²) in [5.41, 5.74) is 0.952. The summed E-state index contributed by atoms with van der Waals surface area (Å²) in [6, 6.07) is 11.5. The van der Waals surface area contributed by atoms with Crippen LogP contribution in [-0.2, 0) is 21.5 Å². The van der Waals surface area contributed by atoms with Gasteiger partial charge in [0.2, 0.25) is 5.91 Å². The first-order valence-corrected chi connectivity index (χ1v) is 9.02. The van der Waals surface area contributed by atoms with E-state index in [1.54, 1.807) is 12.1 Å². The van der Waals surface area contributed by atoms with Crippen LogP contribution in [0, 0.1) is 0 Å². The Labute approximate surface area is 140 Å². The molecule has 1 aliphatic rings. The number of likely N-dealkylation sites (N-methyl/N-ethyl adjacent to an activating group) is 1. The summed E-state index contributed by atoms with van der Waals surface area (Å²) < 4.78 is 33.4. The molecule has 0 bridgehead atoms. The number of hydrogen-bond donors (Lipinski definition) is 2. The monoisotopic (exact) mass is 349 g/mol. The van der Waals surface area contributed by atoms with Crippen LogP contribution in [0.5, 0.6) is 0 Å². The molecule has 0 spiro atoms. The van der Waals surface area contributed by atoms with Gasteiger partial charge in [0, 0.05) is 13.6 Å². The van der Waals surface area contributed by atoms with E-state index in [1.807, 2.05) is 30.3 Å². The number of amides is 1. The molecule has 1 fully saturated rings. The number of hydrogen-bond acceptors (Lipinski definition) is 4. The predicted octanol–water partition coefficient (Wildman–Crippen LogP) is 1.18. The highest BCUT2D eigenvalue weighted by Gasteiger charge is 2.41. The summed E-state index contributed by atoms with van der Waals surface area (Å²) in [7, 11) is -2.36. The van der Waals surface area contributed by atoms with Crippen LogP contribution in [0.1, 0.15) is 23.8 Å². The third-order valence-corrected chi connectivity index (χ3v) is 5.66. The lowest BCUT2D eigenvalue weighted by Gasteiger charge is -2.35. The molecule has 24 heavy (non-hydrogen) atoms. The summed E-state index contributed by atoms with van der Waals surface area (Å²) >= 11 is 0. The third kappa shape index (κ3) is 3.50. The maximum Gasteiger partial charge on any atom is 0.280 e. The van der Waals surface area contributed by atoms with E-state index in [-0.39, 0.29) is 5.91 Å². The van der Waals surface area contributed by atoms with Gasteiger partial charge in [0.25, 0.3) is 10.2 Å². The van der Waals surface area contributed by atoms with E-state index in [0.717, 1.165) is 9.87 Å². The van der Waals surface area contributed by atoms with Gasteiger partial charge in [0.05, 0.1) is 12.3 Å². The fraction of sp³-hybridized carbons (Fsp3) is 0.312. The molecule has 0 saturated carbocycles. The molecule has 3 rings (SSSR count). The molecule has 2 heterocycles. The Balaban J connectivity index is 1.73. The van der Waals surface area contributed by atoms with E-state index in [2.05, 4.69) is 10.0 Å². The van der Waals surface area contributed by atoms with Crippen molar-refractivity contribution in [1.29, 1.82) is 0 Å². The third-order valence-electron chi connectivity index (χ3n) is 4.07. The average molecular weight is 349 g/mol. The standard InChI is InChI=1S/C16H19N3O4S/c1-19-14(16(20)17-11-12-6-3-2-4-7-12)10-13(18-24(19,21)22)15-8-5-9-23-15/h2-9,13-14,18H,10-11H2,1H3,(H,17,20)/t13-,14+/m0/s1. The van der Waals surface area contributed by atoms with Crippen molar-refractivity contribution in [1.82, 2.24) is 14.3 Å². The maximum absolute atomic E-state index is 12.5. The normalized spacial score (nSPS) is 23.7. The molecule has 2 atom stereocenters. The SMILES string of the molecule is CN1[C@@H](C(=O)NCc2ccccc2)C[C@@H](c2ccco2)NS1(=O)=O. The highest BCUT2D eigenvalue weighted by Crippen LogP contribution is 2.28. The van der Waals surface area contributed by atoms with Crippen molar-refractivity contribution in [3.8, 4) is 0 Å². The van der Waals surface area contributed by atoms with Crippen molar-refractivity contribution in [2.24, 2.45) is 0 Å². The minimum absolute atomic E-state index is 0.296.